The fourth-order valence-corrected chi connectivity index (χ4v) is 3.23. The minimum atomic E-state index is -0.406. The third-order valence-electron chi connectivity index (χ3n) is 4.76. The number of rotatable bonds is 6. The zero-order valence-corrected chi connectivity index (χ0v) is 19.4. The molecule has 2 N–H and O–H groups in total. The Kier molecular flexibility index (Phi) is 10.3. The van der Waals surface area contributed by atoms with Crippen molar-refractivity contribution in [3.05, 3.63) is 23.2 Å². The second-order valence-corrected chi connectivity index (χ2v) is 6.65. The van der Waals surface area contributed by atoms with Crippen LogP contribution in [-0.4, -0.2) is 56.5 Å². The molecule has 0 radical (unpaired) electrons. The molecule has 1 aromatic heterocycles. The van der Waals surface area contributed by atoms with Crippen LogP contribution in [0.15, 0.2) is 15.5 Å². The molecule has 158 valence electrons. The first-order valence-electron chi connectivity index (χ1n) is 9.39. The monoisotopic (exact) mass is 506 g/mol. The van der Waals surface area contributed by atoms with Gasteiger partial charge in [-0.05, 0) is 38.7 Å². The van der Waals surface area contributed by atoms with E-state index in [1.807, 2.05) is 6.92 Å². The summed E-state index contributed by atoms with van der Waals surface area (Å²) in [6, 6.07) is 1.68. The number of amides is 1. The van der Waals surface area contributed by atoms with Crippen LogP contribution in [0.5, 0.6) is 0 Å². The van der Waals surface area contributed by atoms with Crippen molar-refractivity contribution in [3.63, 3.8) is 0 Å². The molecule has 0 spiro atoms. The molecule has 2 heterocycles. The average molecular weight is 506 g/mol. The van der Waals surface area contributed by atoms with Crippen molar-refractivity contribution in [2.24, 2.45) is 10.9 Å². The van der Waals surface area contributed by atoms with Crippen LogP contribution in [-0.2, 0) is 16.1 Å². The van der Waals surface area contributed by atoms with Crippen LogP contribution in [0.25, 0.3) is 0 Å². The first-order valence-corrected chi connectivity index (χ1v) is 9.39. The standard InChI is InChI=1S/C19H30N4O4.HI/c1-5-21-19(23-8-6-14(7-9-23)10-17(24)20-3)22-12-15-11-16(13(2)27-15)18(25)26-4;/h11,14H,5-10,12H2,1-4H3,(H,20,24)(H,21,22);1H. The van der Waals surface area contributed by atoms with Gasteiger partial charge in [-0.15, -0.1) is 24.0 Å². The van der Waals surface area contributed by atoms with Crippen molar-refractivity contribution in [1.82, 2.24) is 15.5 Å². The van der Waals surface area contributed by atoms with Crippen molar-refractivity contribution >= 4 is 41.8 Å². The van der Waals surface area contributed by atoms with Crippen molar-refractivity contribution in [1.29, 1.82) is 0 Å². The number of ether oxygens (including phenoxy) is 1. The zero-order chi connectivity index (χ0) is 19.8. The van der Waals surface area contributed by atoms with Crippen molar-refractivity contribution in [2.45, 2.75) is 39.7 Å². The lowest BCUT2D eigenvalue weighted by Gasteiger charge is -2.34. The van der Waals surface area contributed by atoms with Crippen LogP contribution in [0.1, 0.15) is 48.1 Å². The molecule has 0 saturated carbocycles. The number of aryl methyl sites for hydroxylation is 1. The van der Waals surface area contributed by atoms with Gasteiger partial charge in [-0.25, -0.2) is 9.79 Å². The summed E-state index contributed by atoms with van der Waals surface area (Å²) in [5.41, 5.74) is 0.433. The average Bonchev–Trinajstić information content (AvgIpc) is 3.05. The lowest BCUT2D eigenvalue weighted by Crippen LogP contribution is -2.46. The zero-order valence-electron chi connectivity index (χ0n) is 17.0. The summed E-state index contributed by atoms with van der Waals surface area (Å²) < 4.78 is 10.4. The van der Waals surface area contributed by atoms with E-state index in [1.54, 1.807) is 20.0 Å². The molecular formula is C19H31IN4O4. The second kappa shape index (κ2) is 11.9. The summed E-state index contributed by atoms with van der Waals surface area (Å²) in [5, 5.41) is 6.00. The Balaban J connectivity index is 0.00000392. The van der Waals surface area contributed by atoms with E-state index in [9.17, 15) is 9.59 Å². The third-order valence-corrected chi connectivity index (χ3v) is 4.76. The SMILES string of the molecule is CCNC(=NCc1cc(C(=O)OC)c(C)o1)N1CCC(CC(=O)NC)CC1.I. The highest BCUT2D eigenvalue weighted by molar-refractivity contribution is 14.0. The lowest BCUT2D eigenvalue weighted by molar-refractivity contribution is -0.121. The summed E-state index contributed by atoms with van der Waals surface area (Å²) in [5.74, 6) is 2.09. The maximum atomic E-state index is 11.7. The fourth-order valence-electron chi connectivity index (χ4n) is 3.23. The molecule has 1 fully saturated rings. The molecule has 0 unspecified atom stereocenters. The van der Waals surface area contributed by atoms with Crippen LogP contribution >= 0.6 is 24.0 Å². The van der Waals surface area contributed by atoms with E-state index in [1.165, 1.54) is 7.11 Å². The Hall–Kier alpha value is -1.78. The largest absolute Gasteiger partial charge is 0.465 e. The molecule has 1 aliphatic rings. The highest BCUT2D eigenvalue weighted by Crippen LogP contribution is 2.21. The number of carbonyl (C=O) groups excluding carboxylic acids is 2. The van der Waals surface area contributed by atoms with E-state index in [2.05, 4.69) is 20.5 Å². The summed E-state index contributed by atoms with van der Waals surface area (Å²) in [7, 11) is 3.03. The number of nitrogens with one attached hydrogen (secondary N) is 2. The molecule has 1 aliphatic heterocycles. The number of esters is 1. The predicted molar refractivity (Wildman–Crippen MR) is 118 cm³/mol. The van der Waals surface area contributed by atoms with Gasteiger partial charge in [0.15, 0.2) is 5.96 Å². The summed E-state index contributed by atoms with van der Waals surface area (Å²) in [6.07, 6.45) is 2.51. The third kappa shape index (κ3) is 6.68. The molecule has 1 saturated heterocycles. The molecule has 0 aromatic carbocycles. The number of nitrogens with zero attached hydrogens (tertiary/aromatic N) is 2. The number of hydrogen-bond donors (Lipinski definition) is 2. The predicted octanol–water partition coefficient (Wildman–Crippen LogP) is 2.31. The first-order chi connectivity index (χ1) is 13.0. The summed E-state index contributed by atoms with van der Waals surface area (Å²) >= 11 is 0. The van der Waals surface area contributed by atoms with Crippen LogP contribution in [0, 0.1) is 12.8 Å². The maximum absolute atomic E-state index is 11.7. The Labute approximate surface area is 183 Å². The highest BCUT2D eigenvalue weighted by Gasteiger charge is 2.23. The number of guanidine groups is 1. The smallest absolute Gasteiger partial charge is 0.341 e. The summed E-state index contributed by atoms with van der Waals surface area (Å²) in [4.78, 5) is 30.1. The molecule has 28 heavy (non-hydrogen) atoms. The van der Waals surface area contributed by atoms with E-state index in [0.717, 1.165) is 38.4 Å². The van der Waals surface area contributed by atoms with Gasteiger partial charge in [0.05, 0.1) is 7.11 Å². The molecule has 9 heteroatoms. The van der Waals surface area contributed by atoms with Crippen LogP contribution in [0.2, 0.25) is 0 Å². The Morgan fingerprint density at radius 3 is 2.61 bits per heavy atom. The first kappa shape index (κ1) is 24.3. The van der Waals surface area contributed by atoms with Crippen molar-refractivity contribution < 1.29 is 18.7 Å². The van der Waals surface area contributed by atoms with Crippen molar-refractivity contribution in [3.8, 4) is 0 Å². The van der Waals surface area contributed by atoms with Gasteiger partial charge in [0.2, 0.25) is 5.91 Å². The van der Waals surface area contributed by atoms with Gasteiger partial charge in [0.25, 0.3) is 0 Å². The Bertz CT molecular complexity index is 681. The topological polar surface area (TPSA) is 96.2 Å². The second-order valence-electron chi connectivity index (χ2n) is 6.65. The number of likely N-dealkylation sites (tertiary alicyclic amines) is 1. The van der Waals surface area contributed by atoms with E-state index < -0.39 is 5.97 Å². The van der Waals surface area contributed by atoms with Crippen LogP contribution in [0.4, 0.5) is 0 Å². The number of aliphatic imine (C=N–C) groups is 1. The van der Waals surface area contributed by atoms with Gasteiger partial charge in [-0.1, -0.05) is 0 Å². The van der Waals surface area contributed by atoms with E-state index >= 15 is 0 Å². The van der Waals surface area contributed by atoms with Gasteiger partial charge in [-0.2, -0.15) is 0 Å². The van der Waals surface area contributed by atoms with Crippen LogP contribution < -0.4 is 10.6 Å². The van der Waals surface area contributed by atoms with E-state index in [0.29, 0.717) is 36.0 Å². The minimum Gasteiger partial charge on any atom is -0.465 e. The number of methoxy groups -OCH3 is 1. The molecular weight excluding hydrogens is 475 g/mol. The van der Waals surface area contributed by atoms with Gasteiger partial charge in [0.1, 0.15) is 23.6 Å². The normalized spacial score (nSPS) is 15.0. The van der Waals surface area contributed by atoms with E-state index in [-0.39, 0.29) is 29.9 Å². The highest BCUT2D eigenvalue weighted by atomic mass is 127. The number of halogens is 1. The molecule has 0 atom stereocenters. The minimum absolute atomic E-state index is 0. The number of furan rings is 1. The molecule has 1 aromatic rings. The summed E-state index contributed by atoms with van der Waals surface area (Å²) in [6.45, 7) is 6.60. The molecule has 2 rings (SSSR count). The molecule has 1 amide bonds. The molecule has 0 aliphatic carbocycles. The molecule has 0 bridgehead atoms. The number of carbonyl (C=O) groups is 2. The van der Waals surface area contributed by atoms with Gasteiger partial charge in [-0.3, -0.25) is 4.79 Å². The quantitative estimate of drug-likeness (QED) is 0.266. The number of piperidine rings is 1. The lowest BCUT2D eigenvalue weighted by atomic mass is 9.93. The van der Waals surface area contributed by atoms with Crippen molar-refractivity contribution in [2.75, 3.05) is 33.8 Å². The van der Waals surface area contributed by atoms with Gasteiger partial charge < -0.3 is 24.7 Å². The van der Waals surface area contributed by atoms with Crippen LogP contribution in [0.3, 0.4) is 0 Å². The van der Waals surface area contributed by atoms with E-state index in [4.69, 9.17) is 9.15 Å². The van der Waals surface area contributed by atoms with Gasteiger partial charge in [0, 0.05) is 33.1 Å². The number of hydrogen-bond acceptors (Lipinski definition) is 5. The Morgan fingerprint density at radius 2 is 2.04 bits per heavy atom. The maximum Gasteiger partial charge on any atom is 0.341 e. The van der Waals surface area contributed by atoms with Gasteiger partial charge >= 0.3 is 5.97 Å². The Morgan fingerprint density at radius 1 is 1.36 bits per heavy atom. The molecule has 8 nitrogen and oxygen atoms in total. The fraction of sp³-hybridized carbons (Fsp3) is 0.632.